The zero-order valence-corrected chi connectivity index (χ0v) is 19.3. The lowest BCUT2D eigenvalue weighted by Gasteiger charge is -2.16. The number of hydrogen-bond acceptors (Lipinski definition) is 7. The number of sulfone groups is 1. The van der Waals surface area contributed by atoms with Crippen LogP contribution in [0.2, 0.25) is 10.0 Å². The second-order valence-corrected chi connectivity index (χ2v) is 9.90. The Hall–Kier alpha value is -3.12. The molecule has 0 aliphatic rings. The number of aromatic nitrogens is 2. The van der Waals surface area contributed by atoms with Gasteiger partial charge in [-0.1, -0.05) is 28.4 Å². The zero-order chi connectivity index (χ0) is 23.0. The number of nitrogens with one attached hydrogen (secondary N) is 1. The topological polar surface area (TPSA) is 109 Å². The number of hydrogen-bond donors (Lipinski definition) is 1. The lowest BCUT2D eigenvalue weighted by molar-refractivity contribution is 0.392. The van der Waals surface area contributed by atoms with E-state index in [2.05, 4.69) is 21.5 Å². The van der Waals surface area contributed by atoms with Crippen LogP contribution in [-0.4, -0.2) is 18.6 Å². The predicted molar refractivity (Wildman–Crippen MR) is 122 cm³/mol. The molecular formula is C22H16Cl2N4O3S. The van der Waals surface area contributed by atoms with E-state index in [-0.39, 0.29) is 26.4 Å². The van der Waals surface area contributed by atoms with E-state index in [0.717, 1.165) is 5.56 Å². The van der Waals surface area contributed by atoms with E-state index >= 15 is 0 Å². The monoisotopic (exact) mass is 486 g/mol. The van der Waals surface area contributed by atoms with Crippen molar-refractivity contribution in [3.05, 3.63) is 75.2 Å². The summed E-state index contributed by atoms with van der Waals surface area (Å²) in [6.07, 6.45) is 1.27. The number of rotatable bonds is 5. The van der Waals surface area contributed by atoms with Crippen LogP contribution in [0.15, 0.2) is 56.9 Å². The zero-order valence-electron chi connectivity index (χ0n) is 17.0. The Bertz CT molecular complexity index is 1470. The van der Waals surface area contributed by atoms with E-state index in [0.29, 0.717) is 33.6 Å². The van der Waals surface area contributed by atoms with E-state index in [1.807, 2.05) is 6.92 Å². The van der Waals surface area contributed by atoms with Crippen LogP contribution in [0.4, 0.5) is 5.69 Å². The Morgan fingerprint density at radius 1 is 1.12 bits per heavy atom. The number of anilines is 1. The molecule has 0 atom stereocenters. The van der Waals surface area contributed by atoms with Crippen LogP contribution >= 0.6 is 23.2 Å². The van der Waals surface area contributed by atoms with Gasteiger partial charge < -0.3 is 9.84 Å². The van der Waals surface area contributed by atoms with Crippen LogP contribution in [0.1, 0.15) is 22.6 Å². The number of benzene rings is 2. The van der Waals surface area contributed by atoms with Gasteiger partial charge in [-0.05, 0) is 50.2 Å². The van der Waals surface area contributed by atoms with Gasteiger partial charge in [-0.25, -0.2) is 8.42 Å². The fraction of sp³-hybridized carbons (Fsp3) is 0.136. The highest BCUT2D eigenvalue weighted by atomic mass is 35.5. The van der Waals surface area contributed by atoms with Crippen molar-refractivity contribution in [2.45, 2.75) is 30.2 Å². The van der Waals surface area contributed by atoms with Crippen LogP contribution in [-0.2, 0) is 16.4 Å². The molecule has 10 heteroatoms. The summed E-state index contributed by atoms with van der Waals surface area (Å²) in [4.78, 5) is 4.21. The maximum absolute atomic E-state index is 13.5. The van der Waals surface area contributed by atoms with Gasteiger partial charge in [-0.15, -0.1) is 0 Å². The molecule has 4 aromatic rings. The molecule has 2 aromatic carbocycles. The van der Waals surface area contributed by atoms with Gasteiger partial charge in [0.1, 0.15) is 10.7 Å². The first-order valence-electron chi connectivity index (χ1n) is 9.40. The third kappa shape index (κ3) is 4.02. The maximum Gasteiger partial charge on any atom is 0.210 e. The summed E-state index contributed by atoms with van der Waals surface area (Å²) in [6.45, 7) is 3.87. The average molecular weight is 487 g/mol. The van der Waals surface area contributed by atoms with E-state index < -0.39 is 9.84 Å². The number of aryl methyl sites for hydroxylation is 2. The Balaban J connectivity index is 1.91. The number of nitriles is 1. The highest BCUT2D eigenvalue weighted by molar-refractivity contribution is 7.91. The largest absolute Gasteiger partial charge is 0.379 e. The molecule has 0 amide bonds. The molecule has 0 unspecified atom stereocenters. The van der Waals surface area contributed by atoms with E-state index in [4.69, 9.17) is 27.7 Å². The molecule has 0 saturated heterocycles. The minimum atomic E-state index is -4.03. The average Bonchev–Trinajstić information content (AvgIpc) is 3.07. The van der Waals surface area contributed by atoms with Crippen LogP contribution in [0.3, 0.4) is 0 Å². The molecule has 0 radical (unpaired) electrons. The fourth-order valence-electron chi connectivity index (χ4n) is 3.37. The Labute approximate surface area is 194 Å². The third-order valence-electron chi connectivity index (χ3n) is 5.02. The summed E-state index contributed by atoms with van der Waals surface area (Å²) < 4.78 is 32.3. The first-order chi connectivity index (χ1) is 15.2. The van der Waals surface area contributed by atoms with Gasteiger partial charge in [0.05, 0.1) is 33.4 Å². The lowest BCUT2D eigenvalue weighted by atomic mass is 10.1. The highest BCUT2D eigenvalue weighted by Crippen LogP contribution is 2.35. The molecule has 0 saturated carbocycles. The van der Waals surface area contributed by atoms with Crippen molar-refractivity contribution in [3.8, 4) is 6.07 Å². The molecular weight excluding hydrogens is 471 g/mol. The summed E-state index contributed by atoms with van der Waals surface area (Å²) in [7, 11) is -4.03. The molecule has 0 aliphatic carbocycles. The van der Waals surface area contributed by atoms with Crippen molar-refractivity contribution in [1.29, 1.82) is 5.26 Å². The van der Waals surface area contributed by atoms with Gasteiger partial charge in [0.25, 0.3) is 0 Å². The number of nitrogens with zero attached hydrogens (tertiary/aromatic N) is 3. The summed E-state index contributed by atoms with van der Waals surface area (Å²) in [5, 5.41) is 17.3. The quantitative estimate of drug-likeness (QED) is 0.398. The van der Waals surface area contributed by atoms with Gasteiger partial charge in [-0.3, -0.25) is 4.98 Å². The molecule has 4 rings (SSSR count). The number of fused-ring (bicyclic) bond motifs is 1. The minimum absolute atomic E-state index is 0.0419. The van der Waals surface area contributed by atoms with Crippen LogP contribution in [0.25, 0.3) is 10.9 Å². The fourth-order valence-corrected chi connectivity index (χ4v) is 5.49. The first-order valence-corrected chi connectivity index (χ1v) is 11.6. The van der Waals surface area contributed by atoms with Crippen LogP contribution < -0.4 is 5.32 Å². The van der Waals surface area contributed by atoms with Gasteiger partial charge in [0.2, 0.25) is 9.84 Å². The minimum Gasteiger partial charge on any atom is -0.379 e. The maximum atomic E-state index is 13.5. The number of pyridine rings is 1. The van der Waals surface area contributed by atoms with Gasteiger partial charge >= 0.3 is 0 Å². The molecule has 7 nitrogen and oxygen atoms in total. The normalized spacial score (nSPS) is 11.5. The van der Waals surface area contributed by atoms with Crippen molar-refractivity contribution in [3.63, 3.8) is 0 Å². The molecule has 2 heterocycles. The number of halogens is 2. The molecule has 0 bridgehead atoms. The van der Waals surface area contributed by atoms with Crippen molar-refractivity contribution in [2.75, 3.05) is 5.32 Å². The van der Waals surface area contributed by atoms with Gasteiger partial charge in [0, 0.05) is 33.7 Å². The Morgan fingerprint density at radius 2 is 1.84 bits per heavy atom. The van der Waals surface area contributed by atoms with Crippen LogP contribution in [0, 0.1) is 25.2 Å². The predicted octanol–water partition coefficient (Wildman–Crippen LogP) is 5.46. The van der Waals surface area contributed by atoms with Crippen molar-refractivity contribution in [2.24, 2.45) is 0 Å². The Morgan fingerprint density at radius 3 is 2.47 bits per heavy atom. The van der Waals surface area contributed by atoms with Gasteiger partial charge in [-0.2, -0.15) is 5.26 Å². The molecule has 0 aliphatic heterocycles. The second-order valence-electron chi connectivity index (χ2n) is 7.11. The summed E-state index contributed by atoms with van der Waals surface area (Å²) in [6, 6.07) is 11.1. The SMILES string of the molecule is Cc1noc(C)c1CNc1c(S(=O)(=O)c2cc(Cl)cc(Cl)c2)cnc2cc(C#N)ccc12. The highest BCUT2D eigenvalue weighted by Gasteiger charge is 2.25. The second kappa shape index (κ2) is 8.43. The molecule has 2 aromatic heterocycles. The summed E-state index contributed by atoms with van der Waals surface area (Å²) in [5.41, 5.74) is 2.76. The Kier molecular flexibility index (Phi) is 5.82. The lowest BCUT2D eigenvalue weighted by Crippen LogP contribution is -2.10. The van der Waals surface area contributed by atoms with E-state index in [9.17, 15) is 13.7 Å². The summed E-state index contributed by atoms with van der Waals surface area (Å²) in [5.74, 6) is 0.631. The van der Waals surface area contributed by atoms with Gasteiger partial charge in [0.15, 0.2) is 0 Å². The first kappa shape index (κ1) is 22.1. The van der Waals surface area contributed by atoms with Crippen molar-refractivity contribution >= 4 is 49.6 Å². The third-order valence-corrected chi connectivity index (χ3v) is 7.20. The van der Waals surface area contributed by atoms with E-state index in [1.54, 1.807) is 25.1 Å². The van der Waals surface area contributed by atoms with Crippen molar-refractivity contribution < 1.29 is 12.9 Å². The molecule has 162 valence electrons. The molecule has 0 fully saturated rings. The molecule has 32 heavy (non-hydrogen) atoms. The van der Waals surface area contributed by atoms with Crippen molar-refractivity contribution in [1.82, 2.24) is 10.1 Å². The summed E-state index contributed by atoms with van der Waals surface area (Å²) >= 11 is 12.1. The smallest absolute Gasteiger partial charge is 0.210 e. The standard InChI is InChI=1S/C22H16Cl2N4O3S/c1-12-19(13(2)31-28-12)10-27-22-18-4-3-14(9-25)5-20(18)26-11-21(22)32(29,30)17-7-15(23)6-16(24)8-17/h3-8,11H,10H2,1-2H3,(H,26,27). The molecule has 1 N–H and O–H groups in total. The molecule has 0 spiro atoms. The van der Waals surface area contributed by atoms with Crippen LogP contribution in [0.5, 0.6) is 0 Å². The van der Waals surface area contributed by atoms with E-state index in [1.165, 1.54) is 24.4 Å².